The molecule has 1 amide bonds. The molecule has 1 N–H and O–H groups in total. The minimum Gasteiger partial charge on any atom is -0.493 e. The molecule has 1 rings (SSSR count). The van der Waals surface area contributed by atoms with Crippen LogP contribution in [0.3, 0.4) is 0 Å². The fourth-order valence-corrected chi connectivity index (χ4v) is 1.34. The van der Waals surface area contributed by atoms with E-state index in [4.69, 9.17) is 9.47 Å². The lowest BCUT2D eigenvalue weighted by molar-refractivity contribution is -0.123. The number of amides is 1. The topological polar surface area (TPSA) is 47.6 Å². The van der Waals surface area contributed by atoms with Gasteiger partial charge < -0.3 is 14.8 Å². The summed E-state index contributed by atoms with van der Waals surface area (Å²) in [7, 11) is 2.67. The van der Waals surface area contributed by atoms with E-state index in [-0.39, 0.29) is 17.1 Å². The molecule has 18 heavy (non-hydrogen) atoms. The molecule has 0 aliphatic heterocycles. The van der Waals surface area contributed by atoms with Gasteiger partial charge in [-0.05, 0) is 12.1 Å². The highest BCUT2D eigenvalue weighted by Crippen LogP contribution is 2.30. The monoisotopic (exact) mass is 263 g/mol. The van der Waals surface area contributed by atoms with Crippen molar-refractivity contribution < 1.29 is 27.4 Å². The van der Waals surface area contributed by atoms with Gasteiger partial charge in [-0.2, -0.15) is 13.2 Å². The van der Waals surface area contributed by atoms with Gasteiger partial charge in [0.2, 0.25) is 0 Å². The number of hydrogen-bond acceptors (Lipinski definition) is 3. The Morgan fingerprint density at radius 3 is 2.44 bits per heavy atom. The van der Waals surface area contributed by atoms with Crippen molar-refractivity contribution in [2.45, 2.75) is 6.18 Å². The summed E-state index contributed by atoms with van der Waals surface area (Å²) in [5.41, 5.74) is -0.0129. The third-order valence-electron chi connectivity index (χ3n) is 2.10. The maximum absolute atomic E-state index is 12.0. The molecule has 0 spiro atoms. The molecule has 0 bridgehead atoms. The number of carbonyl (C=O) groups is 1. The number of halogens is 3. The molecule has 0 aromatic heterocycles. The number of alkyl halides is 3. The largest absolute Gasteiger partial charge is 0.493 e. The molecule has 0 unspecified atom stereocenters. The van der Waals surface area contributed by atoms with Crippen LogP contribution in [-0.4, -0.2) is 32.8 Å². The Morgan fingerprint density at radius 2 is 1.94 bits per heavy atom. The van der Waals surface area contributed by atoms with Crippen molar-refractivity contribution in [1.82, 2.24) is 5.32 Å². The Hall–Kier alpha value is -1.92. The van der Waals surface area contributed by atoms with Gasteiger partial charge in [-0.25, -0.2) is 0 Å². The summed E-state index contributed by atoms with van der Waals surface area (Å²) in [4.78, 5) is 11.6. The highest BCUT2D eigenvalue weighted by Gasteiger charge is 2.28. The first-order valence-electron chi connectivity index (χ1n) is 4.95. The quantitative estimate of drug-likeness (QED) is 0.903. The molecule has 0 aliphatic rings. The van der Waals surface area contributed by atoms with Gasteiger partial charge in [-0.1, -0.05) is 6.07 Å². The van der Waals surface area contributed by atoms with Crippen LogP contribution < -0.4 is 14.8 Å². The van der Waals surface area contributed by atoms with E-state index >= 15 is 0 Å². The molecule has 0 aliphatic carbocycles. The second kappa shape index (κ2) is 5.61. The molecule has 1 aromatic rings. The van der Waals surface area contributed by atoms with E-state index in [1.165, 1.54) is 26.4 Å². The Balaban J connectivity index is 2.92. The highest BCUT2D eigenvalue weighted by molar-refractivity contribution is 5.97. The standard InChI is InChI=1S/C11H12F3NO3/c1-17-8-5-3-4-7(9(8)18-2)10(16)15-6-11(12,13)14/h3-5H,6H2,1-2H3,(H,15,16). The fourth-order valence-electron chi connectivity index (χ4n) is 1.34. The van der Waals surface area contributed by atoms with Gasteiger partial charge in [0.05, 0.1) is 19.8 Å². The number of carbonyl (C=O) groups excluding carboxylic acids is 1. The normalized spacial score (nSPS) is 10.9. The Morgan fingerprint density at radius 1 is 1.28 bits per heavy atom. The smallest absolute Gasteiger partial charge is 0.405 e. The lowest BCUT2D eigenvalue weighted by atomic mass is 10.1. The molecule has 100 valence electrons. The average molecular weight is 263 g/mol. The number of methoxy groups -OCH3 is 2. The van der Waals surface area contributed by atoms with Crippen LogP contribution >= 0.6 is 0 Å². The summed E-state index contributed by atoms with van der Waals surface area (Å²) >= 11 is 0. The second-order valence-corrected chi connectivity index (χ2v) is 3.34. The van der Waals surface area contributed by atoms with Crippen molar-refractivity contribution in [3.8, 4) is 11.5 Å². The Kier molecular flexibility index (Phi) is 4.41. The molecule has 4 nitrogen and oxygen atoms in total. The molecule has 1 aromatic carbocycles. The van der Waals surface area contributed by atoms with Gasteiger partial charge in [0, 0.05) is 0 Å². The molecule has 7 heteroatoms. The van der Waals surface area contributed by atoms with Crippen LogP contribution in [0.4, 0.5) is 13.2 Å². The van der Waals surface area contributed by atoms with E-state index in [1.807, 2.05) is 0 Å². The minimum absolute atomic E-state index is 0.0129. The summed E-state index contributed by atoms with van der Waals surface area (Å²) in [5, 5.41) is 1.77. The molecule has 0 saturated carbocycles. The van der Waals surface area contributed by atoms with Gasteiger partial charge in [-0.3, -0.25) is 4.79 Å². The van der Waals surface area contributed by atoms with Gasteiger partial charge in [-0.15, -0.1) is 0 Å². The zero-order chi connectivity index (χ0) is 13.8. The van der Waals surface area contributed by atoms with Crippen molar-refractivity contribution in [2.75, 3.05) is 20.8 Å². The van der Waals surface area contributed by atoms with Crippen molar-refractivity contribution in [3.05, 3.63) is 23.8 Å². The molecule has 0 fully saturated rings. The maximum atomic E-state index is 12.0. The summed E-state index contributed by atoms with van der Waals surface area (Å²) in [6.45, 7) is -1.40. The second-order valence-electron chi connectivity index (χ2n) is 3.34. The first kappa shape index (κ1) is 14.1. The first-order chi connectivity index (χ1) is 8.39. The SMILES string of the molecule is COc1cccc(C(=O)NCC(F)(F)F)c1OC. The van der Waals surface area contributed by atoms with Crippen molar-refractivity contribution in [3.63, 3.8) is 0 Å². The van der Waals surface area contributed by atoms with E-state index < -0.39 is 18.6 Å². The molecule has 0 atom stereocenters. The first-order valence-corrected chi connectivity index (χ1v) is 4.95. The fraction of sp³-hybridized carbons (Fsp3) is 0.364. The Bertz CT molecular complexity index is 432. The average Bonchev–Trinajstić information content (AvgIpc) is 2.33. The predicted octanol–water partition coefficient (Wildman–Crippen LogP) is 2.00. The van der Waals surface area contributed by atoms with Crippen LogP contribution in [0.1, 0.15) is 10.4 Å². The minimum atomic E-state index is -4.46. The summed E-state index contributed by atoms with van der Waals surface area (Å²) in [6, 6.07) is 4.39. The number of rotatable bonds is 4. The third-order valence-corrected chi connectivity index (χ3v) is 2.10. The number of ether oxygens (including phenoxy) is 2. The van der Waals surface area contributed by atoms with Gasteiger partial charge in [0.15, 0.2) is 11.5 Å². The van der Waals surface area contributed by atoms with Crippen LogP contribution in [0.25, 0.3) is 0 Å². The van der Waals surface area contributed by atoms with E-state index in [1.54, 1.807) is 11.4 Å². The van der Waals surface area contributed by atoms with E-state index in [9.17, 15) is 18.0 Å². The van der Waals surface area contributed by atoms with E-state index in [2.05, 4.69) is 0 Å². The van der Waals surface area contributed by atoms with Crippen LogP contribution in [-0.2, 0) is 0 Å². The predicted molar refractivity (Wildman–Crippen MR) is 57.9 cm³/mol. The summed E-state index contributed by atoms with van der Waals surface area (Å²) < 4.78 is 45.9. The van der Waals surface area contributed by atoms with Gasteiger partial charge in [0.1, 0.15) is 6.54 Å². The molecule has 0 saturated heterocycles. The summed E-state index contributed by atoms with van der Waals surface area (Å²) in [5.74, 6) is -0.500. The number of benzene rings is 1. The third kappa shape index (κ3) is 3.54. The van der Waals surface area contributed by atoms with Crippen molar-refractivity contribution in [1.29, 1.82) is 0 Å². The van der Waals surface area contributed by atoms with Crippen LogP contribution in [0.5, 0.6) is 11.5 Å². The lowest BCUT2D eigenvalue weighted by Gasteiger charge is -2.13. The molecule has 0 radical (unpaired) electrons. The van der Waals surface area contributed by atoms with Crippen LogP contribution in [0.15, 0.2) is 18.2 Å². The highest BCUT2D eigenvalue weighted by atomic mass is 19.4. The molecular weight excluding hydrogens is 251 g/mol. The van der Waals surface area contributed by atoms with Crippen molar-refractivity contribution in [2.24, 2.45) is 0 Å². The van der Waals surface area contributed by atoms with Gasteiger partial charge >= 0.3 is 6.18 Å². The molecule has 0 heterocycles. The Labute approximate surface area is 102 Å². The van der Waals surface area contributed by atoms with Gasteiger partial charge in [0.25, 0.3) is 5.91 Å². The zero-order valence-electron chi connectivity index (χ0n) is 9.80. The number of para-hydroxylation sites is 1. The number of hydrogen-bond donors (Lipinski definition) is 1. The summed E-state index contributed by atoms with van der Waals surface area (Å²) in [6.07, 6.45) is -4.46. The van der Waals surface area contributed by atoms with E-state index in [0.29, 0.717) is 0 Å². The number of nitrogens with one attached hydrogen (secondary N) is 1. The van der Waals surface area contributed by atoms with Crippen LogP contribution in [0, 0.1) is 0 Å². The maximum Gasteiger partial charge on any atom is 0.405 e. The molecular formula is C11H12F3NO3. The zero-order valence-corrected chi connectivity index (χ0v) is 9.80. The van der Waals surface area contributed by atoms with Crippen LogP contribution in [0.2, 0.25) is 0 Å². The van der Waals surface area contributed by atoms with Crippen molar-refractivity contribution >= 4 is 5.91 Å². The lowest BCUT2D eigenvalue weighted by Crippen LogP contribution is -2.33. The van der Waals surface area contributed by atoms with E-state index in [0.717, 1.165) is 0 Å².